The molecule has 2 amide bonds. The molecule has 2 N–H and O–H groups in total. The van der Waals surface area contributed by atoms with Gasteiger partial charge in [0.1, 0.15) is 5.75 Å². The third-order valence-corrected chi connectivity index (χ3v) is 3.43. The fourth-order valence-corrected chi connectivity index (χ4v) is 2.02. The number of amides is 2. The van der Waals surface area contributed by atoms with Gasteiger partial charge in [-0.3, -0.25) is 9.59 Å². The number of nitrogens with one attached hydrogen (secondary N) is 2. The van der Waals surface area contributed by atoms with Crippen molar-refractivity contribution in [1.82, 2.24) is 0 Å². The van der Waals surface area contributed by atoms with Crippen LogP contribution in [0, 0.1) is 0 Å². The zero-order chi connectivity index (χ0) is 18.9. The second kappa shape index (κ2) is 9.22. The average Bonchev–Trinajstić information content (AvgIpc) is 2.66. The van der Waals surface area contributed by atoms with Crippen molar-refractivity contribution in [2.75, 3.05) is 24.4 Å². The molecule has 0 saturated carbocycles. The summed E-state index contributed by atoms with van der Waals surface area (Å²) in [5.41, 5.74) is 1.60. The Morgan fingerprint density at radius 3 is 2.35 bits per heavy atom. The predicted octanol–water partition coefficient (Wildman–Crippen LogP) is 2.84. The number of rotatable bonds is 7. The molecule has 0 radical (unpaired) electrons. The maximum absolute atomic E-state index is 12.3. The number of carbonyl (C=O) groups is 3. The van der Waals surface area contributed by atoms with Gasteiger partial charge in [0.15, 0.2) is 6.61 Å². The van der Waals surface area contributed by atoms with Gasteiger partial charge in [0, 0.05) is 29.4 Å². The Morgan fingerprint density at radius 2 is 1.69 bits per heavy atom. The quantitative estimate of drug-likeness (QED) is 0.744. The van der Waals surface area contributed by atoms with Crippen LogP contribution in [0.25, 0.3) is 0 Å². The summed E-state index contributed by atoms with van der Waals surface area (Å²) in [5.74, 6) is -0.449. The molecule has 136 valence electrons. The normalized spacial score (nSPS) is 9.92. The summed E-state index contributed by atoms with van der Waals surface area (Å²) in [6.07, 6.45) is 0.386. The maximum Gasteiger partial charge on any atom is 0.343 e. The van der Waals surface area contributed by atoms with E-state index in [1.165, 1.54) is 7.11 Å². The molecule has 2 rings (SSSR count). The molecule has 0 aromatic heterocycles. The number of hydrogen-bond donors (Lipinski definition) is 2. The highest BCUT2D eigenvalue weighted by Gasteiger charge is 2.08. The van der Waals surface area contributed by atoms with Crippen LogP contribution in [0.5, 0.6) is 5.75 Å². The van der Waals surface area contributed by atoms with Gasteiger partial charge in [-0.05, 0) is 36.4 Å². The van der Waals surface area contributed by atoms with Crippen LogP contribution in [-0.2, 0) is 14.3 Å². The van der Waals surface area contributed by atoms with Crippen LogP contribution >= 0.6 is 0 Å². The van der Waals surface area contributed by atoms with E-state index in [4.69, 9.17) is 4.74 Å². The van der Waals surface area contributed by atoms with Crippen LogP contribution in [0.2, 0.25) is 0 Å². The largest absolute Gasteiger partial charge is 0.482 e. The number of methoxy groups -OCH3 is 1. The smallest absolute Gasteiger partial charge is 0.343 e. The summed E-state index contributed by atoms with van der Waals surface area (Å²) in [4.78, 5) is 34.8. The molecule has 0 aliphatic heterocycles. The molecule has 0 aliphatic rings. The van der Waals surface area contributed by atoms with Gasteiger partial charge in [0.25, 0.3) is 5.91 Å². The molecule has 0 unspecified atom stereocenters. The first-order chi connectivity index (χ1) is 12.5. The average molecular weight is 356 g/mol. The Labute approximate surface area is 151 Å². The zero-order valence-electron chi connectivity index (χ0n) is 14.6. The van der Waals surface area contributed by atoms with E-state index in [0.717, 1.165) is 0 Å². The van der Waals surface area contributed by atoms with E-state index in [1.807, 2.05) is 0 Å². The van der Waals surface area contributed by atoms with Crippen LogP contribution < -0.4 is 15.4 Å². The highest BCUT2D eigenvalue weighted by atomic mass is 16.6. The molecule has 2 aromatic rings. The van der Waals surface area contributed by atoms with Gasteiger partial charge in [-0.1, -0.05) is 13.0 Å². The van der Waals surface area contributed by atoms with E-state index in [0.29, 0.717) is 29.1 Å². The summed E-state index contributed by atoms with van der Waals surface area (Å²) in [6, 6.07) is 13.3. The highest BCUT2D eigenvalue weighted by Crippen LogP contribution is 2.19. The van der Waals surface area contributed by atoms with Crippen molar-refractivity contribution >= 4 is 29.2 Å². The summed E-state index contributed by atoms with van der Waals surface area (Å²) >= 11 is 0. The number of carbonyl (C=O) groups excluding carboxylic acids is 3. The maximum atomic E-state index is 12.3. The van der Waals surface area contributed by atoms with Crippen molar-refractivity contribution in [1.29, 1.82) is 0 Å². The number of anilines is 2. The molecular formula is C19H20N2O5. The third kappa shape index (κ3) is 5.62. The number of hydrogen-bond acceptors (Lipinski definition) is 5. The van der Waals surface area contributed by atoms with Crippen LogP contribution in [0.3, 0.4) is 0 Å². The van der Waals surface area contributed by atoms with Crippen molar-refractivity contribution in [3.63, 3.8) is 0 Å². The van der Waals surface area contributed by atoms with Gasteiger partial charge in [0.2, 0.25) is 5.91 Å². The number of ether oxygens (including phenoxy) is 2. The van der Waals surface area contributed by atoms with Crippen LogP contribution in [0.1, 0.15) is 23.7 Å². The molecule has 7 heteroatoms. The first kappa shape index (κ1) is 19.0. The van der Waals surface area contributed by atoms with E-state index in [9.17, 15) is 14.4 Å². The lowest BCUT2D eigenvalue weighted by atomic mass is 10.2. The predicted molar refractivity (Wildman–Crippen MR) is 97.3 cm³/mol. The van der Waals surface area contributed by atoms with E-state index < -0.39 is 5.97 Å². The molecule has 0 saturated heterocycles. The Bertz CT molecular complexity index is 787. The first-order valence-electron chi connectivity index (χ1n) is 8.02. The molecule has 0 aliphatic carbocycles. The van der Waals surface area contributed by atoms with Crippen molar-refractivity contribution in [2.45, 2.75) is 13.3 Å². The van der Waals surface area contributed by atoms with Crippen LogP contribution in [-0.4, -0.2) is 31.5 Å². The van der Waals surface area contributed by atoms with Crippen LogP contribution in [0.15, 0.2) is 48.5 Å². The topological polar surface area (TPSA) is 93.7 Å². The second-order valence-electron chi connectivity index (χ2n) is 5.33. The Balaban J connectivity index is 1.98. The lowest BCUT2D eigenvalue weighted by Gasteiger charge is -2.09. The Morgan fingerprint density at radius 1 is 0.962 bits per heavy atom. The van der Waals surface area contributed by atoms with Gasteiger partial charge >= 0.3 is 5.97 Å². The lowest BCUT2D eigenvalue weighted by Crippen LogP contribution is -2.14. The van der Waals surface area contributed by atoms with Crippen LogP contribution in [0.4, 0.5) is 11.4 Å². The molecule has 0 heterocycles. The Hall–Kier alpha value is -3.35. The highest BCUT2D eigenvalue weighted by molar-refractivity contribution is 6.04. The van der Waals surface area contributed by atoms with Crippen molar-refractivity contribution in [3.05, 3.63) is 54.1 Å². The van der Waals surface area contributed by atoms with Gasteiger partial charge in [-0.15, -0.1) is 0 Å². The van der Waals surface area contributed by atoms with E-state index in [1.54, 1.807) is 55.5 Å². The van der Waals surface area contributed by atoms with Gasteiger partial charge in [0.05, 0.1) is 7.11 Å². The SMILES string of the molecule is CCC(=O)Nc1ccc(C(=O)Nc2cccc(OCC(=O)OC)c2)cc1. The minimum atomic E-state index is -0.491. The van der Waals surface area contributed by atoms with Crippen molar-refractivity contribution in [2.24, 2.45) is 0 Å². The molecule has 2 aromatic carbocycles. The molecular weight excluding hydrogens is 336 g/mol. The number of esters is 1. The molecule has 0 atom stereocenters. The fraction of sp³-hybridized carbons (Fsp3) is 0.211. The zero-order valence-corrected chi connectivity index (χ0v) is 14.6. The molecule has 26 heavy (non-hydrogen) atoms. The minimum Gasteiger partial charge on any atom is -0.482 e. The Kier molecular flexibility index (Phi) is 6.73. The summed E-state index contributed by atoms with van der Waals surface area (Å²) in [5, 5.41) is 5.47. The number of benzene rings is 2. The summed E-state index contributed by atoms with van der Waals surface area (Å²) < 4.78 is 9.79. The third-order valence-electron chi connectivity index (χ3n) is 3.43. The van der Waals surface area contributed by atoms with Crippen molar-refractivity contribution in [3.8, 4) is 5.75 Å². The van der Waals surface area contributed by atoms with Gasteiger partial charge in [-0.2, -0.15) is 0 Å². The second-order valence-corrected chi connectivity index (χ2v) is 5.33. The minimum absolute atomic E-state index is 0.0917. The van der Waals surface area contributed by atoms with E-state index >= 15 is 0 Å². The first-order valence-corrected chi connectivity index (χ1v) is 8.02. The van der Waals surface area contributed by atoms with Gasteiger partial charge in [-0.25, -0.2) is 4.79 Å². The summed E-state index contributed by atoms with van der Waals surface area (Å²) in [7, 11) is 1.28. The fourth-order valence-electron chi connectivity index (χ4n) is 2.02. The van der Waals surface area contributed by atoms with E-state index in [-0.39, 0.29) is 18.4 Å². The molecule has 0 bridgehead atoms. The standard InChI is InChI=1S/C19H20N2O5/c1-3-17(22)20-14-9-7-13(8-10-14)19(24)21-15-5-4-6-16(11-15)26-12-18(23)25-2/h4-11H,3,12H2,1-2H3,(H,20,22)(H,21,24). The summed E-state index contributed by atoms with van der Waals surface area (Å²) in [6.45, 7) is 1.55. The monoisotopic (exact) mass is 356 g/mol. The van der Waals surface area contributed by atoms with Gasteiger partial charge < -0.3 is 20.1 Å². The molecule has 7 nitrogen and oxygen atoms in total. The van der Waals surface area contributed by atoms with E-state index in [2.05, 4.69) is 15.4 Å². The molecule has 0 fully saturated rings. The van der Waals surface area contributed by atoms with Crippen molar-refractivity contribution < 1.29 is 23.9 Å². The lowest BCUT2D eigenvalue weighted by molar-refractivity contribution is -0.142. The molecule has 0 spiro atoms.